The van der Waals surface area contributed by atoms with Crippen LogP contribution in [0.3, 0.4) is 0 Å². The fourth-order valence-corrected chi connectivity index (χ4v) is 12.4. The molecule has 8 aromatic heterocycles. The Labute approximate surface area is 436 Å². The van der Waals surface area contributed by atoms with Crippen molar-refractivity contribution >= 4 is 56.2 Å². The molecule has 0 radical (unpaired) electrons. The van der Waals surface area contributed by atoms with Crippen molar-refractivity contribution < 1.29 is 32.6 Å². The van der Waals surface area contributed by atoms with E-state index in [1.54, 1.807) is 24.5 Å². The molecular formula is C55H62F2N14O5. The molecule has 0 bridgehead atoms. The fourth-order valence-electron chi connectivity index (χ4n) is 12.4. The summed E-state index contributed by atoms with van der Waals surface area (Å²) in [6.07, 6.45) is 13.2. The molecular weight excluding hydrogens is 975 g/mol. The third kappa shape index (κ3) is 9.08. The molecule has 8 aromatic rings. The van der Waals surface area contributed by atoms with Crippen LogP contribution in [0.5, 0.6) is 11.8 Å². The van der Waals surface area contributed by atoms with Crippen LogP contribution in [0.15, 0.2) is 60.9 Å². The molecule has 2 aliphatic carbocycles. The fraction of sp³-hybridized carbons (Fsp3) is 0.491. The van der Waals surface area contributed by atoms with E-state index in [1.807, 2.05) is 50.2 Å². The van der Waals surface area contributed by atoms with Crippen molar-refractivity contribution in [1.82, 2.24) is 63.3 Å². The summed E-state index contributed by atoms with van der Waals surface area (Å²) in [5.41, 5.74) is 12.8. The Balaban J connectivity index is 0.701. The lowest BCUT2D eigenvalue weighted by molar-refractivity contribution is -0.0939. The molecule has 21 heteroatoms. The zero-order chi connectivity index (χ0) is 51.8. The second kappa shape index (κ2) is 19.5. The number of pyridine rings is 4. The summed E-state index contributed by atoms with van der Waals surface area (Å²) in [5, 5.41) is 5.25. The molecule has 2 amide bonds. The highest BCUT2D eigenvalue weighted by Gasteiger charge is 2.47. The Hall–Kier alpha value is -7.10. The number of aryl methyl sites for hydroxylation is 2. The van der Waals surface area contributed by atoms with Gasteiger partial charge in [-0.3, -0.25) is 14.9 Å². The molecule has 396 valence electrons. The number of carbonyl (C=O) groups excluding carboxylic acids is 2. The Morgan fingerprint density at radius 1 is 0.750 bits per heavy atom. The average molecular weight is 1040 g/mol. The summed E-state index contributed by atoms with van der Waals surface area (Å²) >= 11 is 0. The van der Waals surface area contributed by atoms with Crippen molar-refractivity contribution in [3.05, 3.63) is 72.1 Å². The van der Waals surface area contributed by atoms with Crippen LogP contribution in [0, 0.1) is 11.8 Å². The quantitative estimate of drug-likeness (QED) is 0.0955. The summed E-state index contributed by atoms with van der Waals surface area (Å²) in [6.45, 7) is 4.49. The highest BCUT2D eigenvalue weighted by atomic mass is 19.3. The number of rotatable bonds is 15. The van der Waals surface area contributed by atoms with Crippen LogP contribution in [-0.4, -0.2) is 134 Å². The minimum atomic E-state index is -2.98. The topological polar surface area (TPSA) is 203 Å². The van der Waals surface area contributed by atoms with Crippen LogP contribution in [0.4, 0.5) is 8.78 Å². The molecule has 11 heterocycles. The number of fused-ring (bicyclic) bond motifs is 4. The van der Waals surface area contributed by atoms with Crippen molar-refractivity contribution in [2.75, 3.05) is 39.5 Å². The number of hydrogen-bond donors (Lipinski definition) is 2. The smallest absolute Gasteiger partial charge is 0.388 e. The van der Waals surface area contributed by atoms with Gasteiger partial charge in [0, 0.05) is 107 Å². The minimum absolute atomic E-state index is 0.000459. The van der Waals surface area contributed by atoms with E-state index in [-0.39, 0.29) is 42.1 Å². The van der Waals surface area contributed by atoms with E-state index in [2.05, 4.69) is 37.2 Å². The molecule has 3 saturated heterocycles. The maximum atomic E-state index is 14.1. The first-order valence-corrected chi connectivity index (χ1v) is 27.0. The lowest BCUT2D eigenvalue weighted by atomic mass is 9.69. The molecule has 5 aliphatic rings. The molecule has 3 N–H and O–H groups in total. The van der Waals surface area contributed by atoms with Gasteiger partial charge in [-0.1, -0.05) is 0 Å². The summed E-state index contributed by atoms with van der Waals surface area (Å²) in [4.78, 5) is 60.9. The minimum Gasteiger partial charge on any atom is -0.462 e. The number of nitrogens with two attached hydrogens (primary N) is 1. The highest BCUT2D eigenvalue weighted by molar-refractivity contribution is 5.98. The van der Waals surface area contributed by atoms with E-state index in [0.717, 1.165) is 117 Å². The SMILES string of the molecule is CCn1c(-c2nc3cc(C(=O)N4CCC[C@@H](N)C4)cnc3n2CC2CC3(CCCO3)C2)cc2ccc(OCN[C@@H]3CCCN(C(=O)c4cnc5c(c4)nc(-c4cc6ccc(OC(F)F)nc6n4CC4CC4)n5C)C3)nc21. The Kier molecular flexibility index (Phi) is 12.4. The van der Waals surface area contributed by atoms with Crippen LogP contribution in [0.2, 0.25) is 0 Å². The van der Waals surface area contributed by atoms with Crippen molar-refractivity contribution in [2.45, 2.75) is 115 Å². The predicted octanol–water partition coefficient (Wildman–Crippen LogP) is 7.53. The van der Waals surface area contributed by atoms with E-state index in [4.69, 9.17) is 40.1 Å². The summed E-state index contributed by atoms with van der Waals surface area (Å²) in [5.74, 6) is 2.42. The number of piperidine rings is 2. The summed E-state index contributed by atoms with van der Waals surface area (Å²) < 4.78 is 51.7. The van der Waals surface area contributed by atoms with Gasteiger partial charge in [-0.15, -0.1) is 0 Å². The molecule has 76 heavy (non-hydrogen) atoms. The number of imidazole rings is 2. The highest BCUT2D eigenvalue weighted by Crippen LogP contribution is 2.48. The van der Waals surface area contributed by atoms with Crippen LogP contribution >= 0.6 is 0 Å². The van der Waals surface area contributed by atoms with Gasteiger partial charge in [-0.05, 0) is 119 Å². The van der Waals surface area contributed by atoms with Gasteiger partial charge >= 0.3 is 6.61 Å². The van der Waals surface area contributed by atoms with Crippen LogP contribution < -0.4 is 20.5 Å². The number of ether oxygens (including phenoxy) is 3. The number of nitrogens with zero attached hydrogens (tertiary/aromatic N) is 12. The molecule has 0 aromatic carbocycles. The number of alkyl halides is 2. The number of hydrogen-bond acceptors (Lipinski definition) is 13. The van der Waals surface area contributed by atoms with Gasteiger partial charge in [0.05, 0.1) is 28.1 Å². The molecule has 2 saturated carbocycles. The zero-order valence-electron chi connectivity index (χ0n) is 42.8. The Bertz CT molecular complexity index is 3530. The summed E-state index contributed by atoms with van der Waals surface area (Å²) in [6, 6.07) is 14.8. The third-order valence-electron chi connectivity index (χ3n) is 16.3. The van der Waals surface area contributed by atoms with Crippen LogP contribution in [0.1, 0.15) is 91.8 Å². The van der Waals surface area contributed by atoms with Gasteiger partial charge < -0.3 is 48.0 Å². The third-order valence-corrected chi connectivity index (χ3v) is 16.3. The Morgan fingerprint density at radius 3 is 2.09 bits per heavy atom. The van der Waals surface area contributed by atoms with Crippen molar-refractivity contribution in [3.63, 3.8) is 0 Å². The predicted molar refractivity (Wildman–Crippen MR) is 280 cm³/mol. The van der Waals surface area contributed by atoms with E-state index in [9.17, 15) is 18.4 Å². The molecule has 5 fully saturated rings. The first-order valence-electron chi connectivity index (χ1n) is 27.0. The van der Waals surface area contributed by atoms with Gasteiger partial charge in [-0.2, -0.15) is 18.7 Å². The molecule has 0 unspecified atom stereocenters. The maximum absolute atomic E-state index is 14.1. The average Bonchev–Trinajstić information content (AvgIpc) is 3.85. The van der Waals surface area contributed by atoms with E-state index in [1.165, 1.54) is 6.07 Å². The van der Waals surface area contributed by atoms with E-state index < -0.39 is 6.61 Å². The van der Waals surface area contributed by atoms with Crippen molar-refractivity contribution in [3.8, 4) is 34.8 Å². The lowest BCUT2D eigenvalue weighted by Gasteiger charge is -2.44. The van der Waals surface area contributed by atoms with Gasteiger partial charge in [0.2, 0.25) is 11.8 Å². The van der Waals surface area contributed by atoms with E-state index >= 15 is 0 Å². The standard InChI is InChI=1S/C55H62F2N14O5/c1-3-69-43(51-63-41-20-37(52(72)67-16-4-7-38(58)29-67)26-60-49(41)71(51)28-33-23-55(24-33)15-6-18-75-55)22-34-11-13-44(64-46(34)69)74-31-61-39-8-5-17-68(30-39)53(73)36-19-40-48(59-25-36)66(2)50(62-40)42-21-35-12-14-45(76-54(56)57)65-47(35)70(42)27-32-9-10-32/h11-14,19-22,25-26,32-33,38-39,54,61H,3-10,15-18,23-24,27-31,58H2,1-2H3/t33?,38-,39-,55?/m1/s1. The second-order valence-electron chi connectivity index (χ2n) is 21.7. The monoisotopic (exact) mass is 1040 g/mol. The van der Waals surface area contributed by atoms with E-state index in [0.29, 0.717) is 96.3 Å². The number of amides is 2. The normalized spacial score (nSPS) is 22.0. The molecule has 19 nitrogen and oxygen atoms in total. The van der Waals surface area contributed by atoms with Gasteiger partial charge in [0.15, 0.2) is 22.9 Å². The van der Waals surface area contributed by atoms with Gasteiger partial charge in [0.25, 0.3) is 11.8 Å². The van der Waals surface area contributed by atoms with Crippen LogP contribution in [-0.2, 0) is 31.4 Å². The van der Waals surface area contributed by atoms with Crippen molar-refractivity contribution in [1.29, 1.82) is 0 Å². The Morgan fingerprint density at radius 2 is 1.39 bits per heavy atom. The first kappa shape index (κ1) is 48.5. The number of nitrogens with one attached hydrogen (secondary N) is 1. The molecule has 1 spiro atoms. The van der Waals surface area contributed by atoms with Gasteiger partial charge in [0.1, 0.15) is 29.1 Å². The molecule has 3 aliphatic heterocycles. The zero-order valence-corrected chi connectivity index (χ0v) is 42.8. The van der Waals surface area contributed by atoms with Gasteiger partial charge in [-0.25, -0.2) is 19.9 Å². The number of halogens is 2. The molecule has 2 atom stereocenters. The number of aromatic nitrogens is 10. The maximum Gasteiger partial charge on any atom is 0.388 e. The van der Waals surface area contributed by atoms with Crippen LogP contribution in [0.25, 0.3) is 67.4 Å². The second-order valence-corrected chi connectivity index (χ2v) is 21.7. The number of carbonyl (C=O) groups is 2. The first-order chi connectivity index (χ1) is 37.0. The molecule has 13 rings (SSSR count). The number of likely N-dealkylation sites (tertiary alicyclic amines) is 2. The summed E-state index contributed by atoms with van der Waals surface area (Å²) in [7, 11) is 1.88. The van der Waals surface area contributed by atoms with Crippen molar-refractivity contribution in [2.24, 2.45) is 24.6 Å². The largest absolute Gasteiger partial charge is 0.462 e. The lowest BCUT2D eigenvalue weighted by Crippen LogP contribution is -2.48.